The molecule has 4 nitrogen and oxygen atoms in total. The lowest BCUT2D eigenvalue weighted by atomic mass is 10.1. The van der Waals surface area contributed by atoms with E-state index in [4.69, 9.17) is 11.6 Å². The van der Waals surface area contributed by atoms with Crippen molar-refractivity contribution in [2.45, 2.75) is 20.3 Å². The molecule has 0 saturated carbocycles. The maximum atomic E-state index is 12.0. The molecule has 0 spiro atoms. The van der Waals surface area contributed by atoms with E-state index < -0.39 is 0 Å². The molecule has 19 heavy (non-hydrogen) atoms. The van der Waals surface area contributed by atoms with Gasteiger partial charge in [-0.1, -0.05) is 6.07 Å². The van der Waals surface area contributed by atoms with Crippen LogP contribution in [-0.4, -0.2) is 24.2 Å². The predicted molar refractivity (Wildman–Crippen MR) is 76.7 cm³/mol. The lowest BCUT2D eigenvalue weighted by molar-refractivity contribution is -0.117. The Hall–Kier alpha value is -1.55. The molecule has 1 aromatic rings. The maximum absolute atomic E-state index is 12.0. The second kappa shape index (κ2) is 5.61. The van der Waals surface area contributed by atoms with Gasteiger partial charge in [-0.2, -0.15) is 0 Å². The number of aryl methyl sites for hydroxylation is 1. The first kappa shape index (κ1) is 13.9. The number of carbonyl (C=O) groups is 2. The minimum absolute atomic E-state index is 0.0582. The highest BCUT2D eigenvalue weighted by atomic mass is 35.5. The van der Waals surface area contributed by atoms with E-state index in [2.05, 4.69) is 5.32 Å². The number of hydrogen-bond donors (Lipinski definition) is 1. The third-order valence-electron chi connectivity index (χ3n) is 3.18. The molecule has 1 N–H and O–H groups in total. The van der Waals surface area contributed by atoms with Crippen LogP contribution >= 0.6 is 11.6 Å². The lowest BCUT2D eigenvalue weighted by Crippen LogP contribution is -2.26. The third kappa shape index (κ3) is 3.07. The number of carbonyl (C=O) groups excluding carboxylic acids is 2. The quantitative estimate of drug-likeness (QED) is 0.865. The summed E-state index contributed by atoms with van der Waals surface area (Å²) in [7, 11) is 0. The number of amides is 2. The number of benzene rings is 1. The second-order valence-electron chi connectivity index (χ2n) is 4.93. The largest absolute Gasteiger partial charge is 0.325 e. The number of alkyl halides is 1. The van der Waals surface area contributed by atoms with Crippen LogP contribution in [0.2, 0.25) is 0 Å². The van der Waals surface area contributed by atoms with Gasteiger partial charge in [0.25, 0.3) is 0 Å². The van der Waals surface area contributed by atoms with Crippen molar-refractivity contribution in [1.82, 2.24) is 0 Å². The molecule has 0 aliphatic carbocycles. The Morgan fingerprint density at radius 3 is 2.84 bits per heavy atom. The summed E-state index contributed by atoms with van der Waals surface area (Å²) in [6.07, 6.45) is 0.469. The Bertz CT molecular complexity index is 516. The topological polar surface area (TPSA) is 49.4 Å². The summed E-state index contributed by atoms with van der Waals surface area (Å²) < 4.78 is 0. The van der Waals surface area contributed by atoms with Crippen LogP contribution in [-0.2, 0) is 9.59 Å². The molecule has 1 atom stereocenters. The average Bonchev–Trinajstić information content (AvgIpc) is 2.72. The zero-order chi connectivity index (χ0) is 14.0. The number of hydrogen-bond acceptors (Lipinski definition) is 2. The molecule has 0 bridgehead atoms. The van der Waals surface area contributed by atoms with Gasteiger partial charge < -0.3 is 10.2 Å². The van der Waals surface area contributed by atoms with Gasteiger partial charge in [-0.3, -0.25) is 9.59 Å². The van der Waals surface area contributed by atoms with Crippen LogP contribution in [0.15, 0.2) is 18.2 Å². The summed E-state index contributed by atoms with van der Waals surface area (Å²) >= 11 is 5.83. The molecule has 1 fully saturated rings. The predicted octanol–water partition coefficient (Wildman–Crippen LogP) is 2.55. The van der Waals surface area contributed by atoms with Crippen LogP contribution < -0.4 is 10.2 Å². The molecule has 2 amide bonds. The van der Waals surface area contributed by atoms with Crippen LogP contribution in [0.4, 0.5) is 11.4 Å². The maximum Gasteiger partial charge on any atom is 0.227 e. The molecular weight excluding hydrogens is 264 g/mol. The molecule has 1 aliphatic rings. The van der Waals surface area contributed by atoms with E-state index in [0.29, 0.717) is 24.5 Å². The van der Waals surface area contributed by atoms with Crippen LogP contribution in [0, 0.1) is 12.8 Å². The number of anilines is 2. The first-order valence-corrected chi connectivity index (χ1v) is 6.79. The molecule has 1 aliphatic heterocycles. The highest BCUT2D eigenvalue weighted by molar-refractivity contribution is 6.18. The van der Waals surface area contributed by atoms with Crippen molar-refractivity contribution in [3.8, 4) is 0 Å². The van der Waals surface area contributed by atoms with Crippen LogP contribution in [0.1, 0.15) is 18.9 Å². The van der Waals surface area contributed by atoms with E-state index in [1.165, 1.54) is 6.92 Å². The van der Waals surface area contributed by atoms with Crippen LogP contribution in [0.5, 0.6) is 0 Å². The van der Waals surface area contributed by atoms with E-state index >= 15 is 0 Å². The molecule has 0 radical (unpaired) electrons. The highest BCUT2D eigenvalue weighted by Gasteiger charge is 2.31. The Balaban J connectivity index is 2.35. The SMILES string of the molecule is CC(=O)Nc1ccc(C)cc1N1CC(CCl)CC1=O. The van der Waals surface area contributed by atoms with Gasteiger partial charge in [0.15, 0.2) is 0 Å². The van der Waals surface area contributed by atoms with E-state index in [1.54, 1.807) is 4.90 Å². The van der Waals surface area contributed by atoms with Crippen molar-refractivity contribution in [3.05, 3.63) is 23.8 Å². The van der Waals surface area contributed by atoms with Gasteiger partial charge in [0.1, 0.15) is 0 Å². The summed E-state index contributed by atoms with van der Waals surface area (Å²) in [5, 5.41) is 2.77. The van der Waals surface area contributed by atoms with Crippen molar-refractivity contribution >= 4 is 34.8 Å². The zero-order valence-corrected chi connectivity index (χ0v) is 11.8. The fourth-order valence-corrected chi connectivity index (χ4v) is 2.48. The lowest BCUT2D eigenvalue weighted by Gasteiger charge is -2.21. The average molecular weight is 281 g/mol. The molecule has 1 saturated heterocycles. The second-order valence-corrected chi connectivity index (χ2v) is 5.24. The van der Waals surface area contributed by atoms with Crippen LogP contribution in [0.3, 0.4) is 0 Å². The zero-order valence-electron chi connectivity index (χ0n) is 11.1. The van der Waals surface area contributed by atoms with Gasteiger partial charge in [0.05, 0.1) is 11.4 Å². The molecule has 0 aromatic heterocycles. The van der Waals surface area contributed by atoms with Crippen molar-refractivity contribution in [2.24, 2.45) is 5.92 Å². The van der Waals surface area contributed by atoms with Gasteiger partial charge in [0.2, 0.25) is 11.8 Å². The van der Waals surface area contributed by atoms with E-state index in [-0.39, 0.29) is 17.7 Å². The summed E-state index contributed by atoms with van der Waals surface area (Å²) in [6, 6.07) is 5.65. The third-order valence-corrected chi connectivity index (χ3v) is 3.61. The van der Waals surface area contributed by atoms with Crippen molar-refractivity contribution < 1.29 is 9.59 Å². The Kier molecular flexibility index (Phi) is 4.10. The summed E-state index contributed by atoms with van der Waals surface area (Å²) in [4.78, 5) is 25.0. The fourth-order valence-electron chi connectivity index (χ4n) is 2.28. The van der Waals surface area contributed by atoms with Crippen molar-refractivity contribution in [2.75, 3.05) is 22.6 Å². The molecule has 1 unspecified atom stereocenters. The number of nitrogens with one attached hydrogen (secondary N) is 1. The van der Waals surface area contributed by atoms with Gasteiger partial charge >= 0.3 is 0 Å². The number of rotatable bonds is 3. The van der Waals surface area contributed by atoms with E-state index in [9.17, 15) is 9.59 Å². The highest BCUT2D eigenvalue weighted by Crippen LogP contribution is 2.32. The summed E-state index contributed by atoms with van der Waals surface area (Å²) in [6.45, 7) is 4.02. The van der Waals surface area contributed by atoms with Gasteiger partial charge in [-0.15, -0.1) is 11.6 Å². The smallest absolute Gasteiger partial charge is 0.227 e. The minimum Gasteiger partial charge on any atom is -0.325 e. The first-order valence-electron chi connectivity index (χ1n) is 6.26. The molecule has 5 heteroatoms. The van der Waals surface area contributed by atoms with Gasteiger partial charge in [-0.25, -0.2) is 0 Å². The van der Waals surface area contributed by atoms with Gasteiger partial charge in [0, 0.05) is 25.8 Å². The normalized spacial score (nSPS) is 18.8. The minimum atomic E-state index is -0.148. The van der Waals surface area contributed by atoms with E-state index in [0.717, 1.165) is 11.3 Å². The summed E-state index contributed by atoms with van der Waals surface area (Å²) in [5.74, 6) is 0.567. The van der Waals surface area contributed by atoms with Crippen molar-refractivity contribution in [3.63, 3.8) is 0 Å². The van der Waals surface area contributed by atoms with Crippen molar-refractivity contribution in [1.29, 1.82) is 0 Å². The van der Waals surface area contributed by atoms with Crippen LogP contribution in [0.25, 0.3) is 0 Å². The Labute approximate surface area is 117 Å². The molecular formula is C14H17ClN2O2. The van der Waals surface area contributed by atoms with E-state index in [1.807, 2.05) is 25.1 Å². The number of halogens is 1. The first-order chi connectivity index (χ1) is 9.01. The molecule has 1 heterocycles. The molecule has 1 aromatic carbocycles. The Morgan fingerprint density at radius 1 is 1.53 bits per heavy atom. The fraction of sp³-hybridized carbons (Fsp3) is 0.429. The standard InChI is InChI=1S/C14H17ClN2O2/c1-9-3-4-12(16-10(2)18)13(5-9)17-8-11(7-15)6-14(17)19/h3-5,11H,6-8H2,1-2H3,(H,16,18). The molecule has 2 rings (SSSR count). The molecule has 102 valence electrons. The summed E-state index contributed by atoms with van der Waals surface area (Å²) in [5.41, 5.74) is 2.47. The Morgan fingerprint density at radius 2 is 2.26 bits per heavy atom. The number of nitrogens with zero attached hydrogens (tertiary/aromatic N) is 1. The van der Waals surface area contributed by atoms with Gasteiger partial charge in [-0.05, 0) is 30.5 Å². The monoisotopic (exact) mass is 280 g/mol.